The maximum Gasteiger partial charge on any atom is 1.00 e. The summed E-state index contributed by atoms with van der Waals surface area (Å²) in [6, 6.07) is 3.11. The second-order valence-electron chi connectivity index (χ2n) is 5.11. The number of amides is 1. The molecule has 30 heavy (non-hydrogen) atoms. The number of hydrazone groups is 1. The van der Waals surface area contributed by atoms with Crippen LogP contribution >= 0.6 is 0 Å². The molecule has 1 heterocycles. The molecule has 15 heteroatoms. The second kappa shape index (κ2) is 10.4. The zero-order chi connectivity index (χ0) is 21.8. The topological polar surface area (TPSA) is 183 Å². The smallest absolute Gasteiger partial charge is 0.742 e. The van der Waals surface area contributed by atoms with E-state index in [4.69, 9.17) is 18.6 Å². The number of nitrogens with zero attached hydrogens (tertiary/aromatic N) is 2. The Kier molecular flexibility index (Phi) is 8.80. The van der Waals surface area contributed by atoms with Crippen LogP contribution in [0.3, 0.4) is 0 Å². The van der Waals surface area contributed by atoms with Gasteiger partial charge < -0.3 is 23.2 Å². The Bertz CT molecular complexity index is 1080. The Morgan fingerprint density at radius 3 is 2.30 bits per heavy atom. The molecular formula is C15H14N3NaO10S. The van der Waals surface area contributed by atoms with Crippen molar-refractivity contribution in [2.75, 3.05) is 21.3 Å². The van der Waals surface area contributed by atoms with Crippen molar-refractivity contribution < 1.29 is 70.9 Å². The van der Waals surface area contributed by atoms with Gasteiger partial charge in [0.1, 0.15) is 11.3 Å². The monoisotopic (exact) mass is 451 g/mol. The normalized spacial score (nSPS) is 10.9. The van der Waals surface area contributed by atoms with Gasteiger partial charge in [-0.05, 0) is 12.1 Å². The quantitative estimate of drug-likeness (QED) is 0.153. The van der Waals surface area contributed by atoms with Crippen LogP contribution in [0.5, 0.6) is 17.2 Å². The number of hydrogen-bond acceptors (Lipinski definition) is 11. The molecule has 0 radical (unpaired) electrons. The third-order valence-corrected chi connectivity index (χ3v) is 4.15. The van der Waals surface area contributed by atoms with Crippen molar-refractivity contribution in [1.29, 1.82) is 0 Å². The molecule has 0 aliphatic carbocycles. The van der Waals surface area contributed by atoms with Crippen molar-refractivity contribution in [3.8, 4) is 17.2 Å². The number of hydrogen-bond donors (Lipinski definition) is 1. The largest absolute Gasteiger partial charge is 1.00 e. The van der Waals surface area contributed by atoms with Gasteiger partial charge >= 0.3 is 35.2 Å². The molecule has 0 spiro atoms. The second-order valence-corrected chi connectivity index (χ2v) is 6.42. The SMILES string of the molecule is COc1cc(C(=O)NN=Cc2ccc(S(=O)(=O)[O-])o2)c([N+](=O)[O-])c(OC)c1OC.[Na+]. The van der Waals surface area contributed by atoms with Crippen LogP contribution in [0.15, 0.2) is 32.8 Å². The summed E-state index contributed by atoms with van der Waals surface area (Å²) in [4.78, 5) is 23.0. The predicted octanol–water partition coefficient (Wildman–Crippen LogP) is -2.11. The number of carbonyl (C=O) groups is 1. The van der Waals surface area contributed by atoms with E-state index in [1.807, 2.05) is 5.43 Å². The summed E-state index contributed by atoms with van der Waals surface area (Å²) in [5.41, 5.74) is 0.892. The fourth-order valence-electron chi connectivity index (χ4n) is 2.25. The maximum absolute atomic E-state index is 12.4. The summed E-state index contributed by atoms with van der Waals surface area (Å²) in [6.45, 7) is 0. The van der Waals surface area contributed by atoms with Crippen molar-refractivity contribution in [2.45, 2.75) is 5.09 Å². The van der Waals surface area contributed by atoms with Gasteiger partial charge in [-0.15, -0.1) is 0 Å². The van der Waals surface area contributed by atoms with E-state index in [-0.39, 0.29) is 52.6 Å². The molecular weight excluding hydrogens is 437 g/mol. The van der Waals surface area contributed by atoms with Gasteiger partial charge in [0.05, 0.1) is 32.5 Å². The first-order valence-electron chi connectivity index (χ1n) is 7.50. The number of rotatable bonds is 8. The van der Waals surface area contributed by atoms with Crippen LogP contribution in [-0.2, 0) is 10.1 Å². The van der Waals surface area contributed by atoms with E-state index in [0.29, 0.717) is 0 Å². The number of benzene rings is 1. The molecule has 2 rings (SSSR count). The molecule has 1 amide bonds. The van der Waals surface area contributed by atoms with E-state index >= 15 is 0 Å². The minimum absolute atomic E-state index is 0. The van der Waals surface area contributed by atoms with E-state index in [9.17, 15) is 27.9 Å². The predicted molar refractivity (Wildman–Crippen MR) is 94.5 cm³/mol. The molecule has 0 atom stereocenters. The van der Waals surface area contributed by atoms with Crippen LogP contribution in [0, 0.1) is 10.1 Å². The van der Waals surface area contributed by atoms with Crippen molar-refractivity contribution in [3.05, 3.63) is 39.6 Å². The summed E-state index contributed by atoms with van der Waals surface area (Å²) in [7, 11) is -1.12. The number of carbonyl (C=O) groups excluding carboxylic acids is 1. The molecule has 1 aromatic carbocycles. The molecule has 2 aromatic rings. The molecule has 0 bridgehead atoms. The zero-order valence-electron chi connectivity index (χ0n) is 16.2. The van der Waals surface area contributed by atoms with Gasteiger partial charge in [0, 0.05) is 6.07 Å². The molecule has 0 saturated carbocycles. The van der Waals surface area contributed by atoms with Gasteiger partial charge in [-0.3, -0.25) is 14.9 Å². The summed E-state index contributed by atoms with van der Waals surface area (Å²) < 4.78 is 52.3. The van der Waals surface area contributed by atoms with E-state index in [1.165, 1.54) is 14.2 Å². The Morgan fingerprint density at radius 2 is 1.83 bits per heavy atom. The summed E-state index contributed by atoms with van der Waals surface area (Å²) in [5, 5.41) is 14.2. The number of methoxy groups -OCH3 is 3. The summed E-state index contributed by atoms with van der Waals surface area (Å²) in [6.07, 6.45) is 0.899. The van der Waals surface area contributed by atoms with Gasteiger partial charge in [0.2, 0.25) is 16.6 Å². The van der Waals surface area contributed by atoms with E-state index in [1.54, 1.807) is 0 Å². The van der Waals surface area contributed by atoms with Crippen LogP contribution in [0.4, 0.5) is 5.69 Å². The average Bonchev–Trinajstić information content (AvgIpc) is 3.15. The third kappa shape index (κ3) is 5.48. The Hall–Kier alpha value is -2.65. The third-order valence-electron chi connectivity index (χ3n) is 3.44. The van der Waals surface area contributed by atoms with Gasteiger partial charge in [0.25, 0.3) is 5.91 Å². The molecule has 156 valence electrons. The van der Waals surface area contributed by atoms with E-state index < -0.39 is 37.3 Å². The number of nitro benzene ring substituents is 1. The average molecular weight is 451 g/mol. The van der Waals surface area contributed by atoms with E-state index in [2.05, 4.69) is 5.10 Å². The molecule has 0 fully saturated rings. The van der Waals surface area contributed by atoms with Gasteiger partial charge in [-0.2, -0.15) is 5.10 Å². The molecule has 1 N–H and O–H groups in total. The van der Waals surface area contributed by atoms with Crippen molar-refractivity contribution in [1.82, 2.24) is 5.43 Å². The Labute approximate surface area is 192 Å². The Morgan fingerprint density at radius 1 is 1.20 bits per heavy atom. The fraction of sp³-hybridized carbons (Fsp3) is 0.200. The maximum atomic E-state index is 12.4. The van der Waals surface area contributed by atoms with Gasteiger partial charge in [-0.1, -0.05) is 0 Å². The van der Waals surface area contributed by atoms with Gasteiger partial charge in [-0.25, -0.2) is 13.8 Å². The van der Waals surface area contributed by atoms with Crippen molar-refractivity contribution in [2.24, 2.45) is 5.10 Å². The zero-order valence-corrected chi connectivity index (χ0v) is 19.0. The van der Waals surface area contributed by atoms with Crippen molar-refractivity contribution >= 4 is 27.9 Å². The fourth-order valence-corrected chi connectivity index (χ4v) is 2.68. The molecule has 13 nitrogen and oxygen atoms in total. The number of furan rings is 1. The summed E-state index contributed by atoms with van der Waals surface area (Å²) in [5.74, 6) is -1.57. The van der Waals surface area contributed by atoms with E-state index in [0.717, 1.165) is 31.5 Å². The van der Waals surface area contributed by atoms with Crippen LogP contribution in [0.25, 0.3) is 0 Å². The molecule has 0 unspecified atom stereocenters. The molecule has 0 aliphatic rings. The first-order chi connectivity index (χ1) is 13.6. The first kappa shape index (κ1) is 25.4. The first-order valence-corrected chi connectivity index (χ1v) is 8.91. The minimum atomic E-state index is -4.78. The van der Waals surface area contributed by atoms with Crippen LogP contribution in [0.1, 0.15) is 16.1 Å². The molecule has 0 aliphatic heterocycles. The Balaban J connectivity index is 0.00000450. The number of ether oxygens (including phenoxy) is 3. The standard InChI is InChI=1S/C15H15N3O10S.Na/c1-25-10-6-9(12(18(20)21)14(27-3)13(10)26-2)15(19)17-16-7-8-4-5-11(28-8)29(22,23)24;/h4-7H,1-3H3,(H,17,19)(H,22,23,24);/q;+1/p-1. The van der Waals surface area contributed by atoms with Crippen LogP contribution in [-0.4, -0.2) is 51.3 Å². The van der Waals surface area contributed by atoms with Gasteiger partial charge in [0.15, 0.2) is 15.9 Å². The van der Waals surface area contributed by atoms with Crippen LogP contribution < -0.4 is 49.2 Å². The number of nitro groups is 1. The van der Waals surface area contributed by atoms with Crippen molar-refractivity contribution in [3.63, 3.8) is 0 Å². The number of nitrogens with one attached hydrogen (secondary N) is 1. The minimum Gasteiger partial charge on any atom is -0.742 e. The summed E-state index contributed by atoms with van der Waals surface area (Å²) >= 11 is 0. The van der Waals surface area contributed by atoms with Crippen LogP contribution in [0.2, 0.25) is 0 Å². The molecule has 0 saturated heterocycles. The molecule has 1 aromatic heterocycles.